The maximum absolute atomic E-state index is 13.1. The van der Waals surface area contributed by atoms with Gasteiger partial charge >= 0.3 is 12.0 Å². The summed E-state index contributed by atoms with van der Waals surface area (Å²) in [4.78, 5) is 62.5. The van der Waals surface area contributed by atoms with Crippen LogP contribution in [0.2, 0.25) is 5.02 Å². The zero-order valence-electron chi connectivity index (χ0n) is 19.9. The predicted molar refractivity (Wildman–Crippen MR) is 139 cm³/mol. The molecule has 0 bridgehead atoms. The molecule has 5 amide bonds. The molecule has 1 fully saturated rings. The van der Waals surface area contributed by atoms with Gasteiger partial charge in [-0.3, -0.25) is 19.7 Å². The fourth-order valence-corrected chi connectivity index (χ4v) is 3.75. The summed E-state index contributed by atoms with van der Waals surface area (Å²) < 4.78 is 10.1. The van der Waals surface area contributed by atoms with Crippen LogP contribution in [0.15, 0.2) is 78.4 Å². The predicted octanol–water partition coefficient (Wildman–Crippen LogP) is 3.81. The highest BCUT2D eigenvalue weighted by Gasteiger charge is 2.36. The molecule has 3 aromatic rings. The van der Waals surface area contributed by atoms with E-state index in [-0.39, 0.29) is 40.1 Å². The summed E-state index contributed by atoms with van der Waals surface area (Å²) in [5.74, 6) is -2.48. The molecule has 11 heteroatoms. The summed E-state index contributed by atoms with van der Waals surface area (Å²) in [7, 11) is 1.23. The van der Waals surface area contributed by atoms with Crippen molar-refractivity contribution in [2.24, 2.45) is 0 Å². The van der Waals surface area contributed by atoms with Crippen molar-refractivity contribution in [1.82, 2.24) is 5.32 Å². The SMILES string of the molecule is COC(=O)c1ccc(N2C(=O)NC(=O)/C(=C\c3ccc(OCC(=O)Nc4ccccc4)c(Cl)c3)C2=O)cc1. The van der Waals surface area contributed by atoms with Crippen LogP contribution in [0, 0.1) is 0 Å². The number of esters is 1. The van der Waals surface area contributed by atoms with Crippen molar-refractivity contribution in [1.29, 1.82) is 0 Å². The zero-order valence-corrected chi connectivity index (χ0v) is 20.7. The number of anilines is 2. The second kappa shape index (κ2) is 11.4. The molecule has 4 rings (SSSR count). The van der Waals surface area contributed by atoms with E-state index in [1.807, 2.05) is 6.07 Å². The Morgan fingerprint density at radius 1 is 1.00 bits per heavy atom. The van der Waals surface area contributed by atoms with Crippen LogP contribution in [0.1, 0.15) is 15.9 Å². The first-order valence-electron chi connectivity index (χ1n) is 11.1. The Kier molecular flexibility index (Phi) is 7.83. The van der Waals surface area contributed by atoms with E-state index in [0.29, 0.717) is 11.3 Å². The van der Waals surface area contributed by atoms with Gasteiger partial charge in [0.1, 0.15) is 11.3 Å². The molecule has 2 N–H and O–H groups in total. The van der Waals surface area contributed by atoms with E-state index in [4.69, 9.17) is 16.3 Å². The molecule has 0 atom stereocenters. The number of methoxy groups -OCH3 is 1. The molecule has 1 heterocycles. The van der Waals surface area contributed by atoms with Crippen molar-refractivity contribution in [3.63, 3.8) is 0 Å². The van der Waals surface area contributed by atoms with Gasteiger partial charge in [0.05, 0.1) is 23.4 Å². The Morgan fingerprint density at radius 2 is 1.71 bits per heavy atom. The number of para-hydroxylation sites is 1. The van der Waals surface area contributed by atoms with Crippen LogP contribution < -0.4 is 20.3 Å². The number of carbonyl (C=O) groups is 5. The largest absolute Gasteiger partial charge is 0.482 e. The number of amides is 5. The summed E-state index contributed by atoms with van der Waals surface area (Å²) in [6, 6.07) is 18.0. The minimum Gasteiger partial charge on any atom is -0.482 e. The van der Waals surface area contributed by atoms with Crippen molar-refractivity contribution in [3.8, 4) is 5.75 Å². The van der Waals surface area contributed by atoms with Crippen LogP contribution in [0.3, 0.4) is 0 Å². The molecule has 0 aliphatic carbocycles. The van der Waals surface area contributed by atoms with Gasteiger partial charge in [-0.25, -0.2) is 14.5 Å². The number of urea groups is 1. The normalized spacial score (nSPS) is 14.2. The monoisotopic (exact) mass is 533 g/mol. The number of carbonyl (C=O) groups excluding carboxylic acids is 5. The highest BCUT2D eigenvalue weighted by molar-refractivity contribution is 6.39. The topological polar surface area (TPSA) is 131 Å². The fraction of sp³-hybridized carbons (Fsp3) is 0.0741. The van der Waals surface area contributed by atoms with Crippen molar-refractivity contribution in [3.05, 3.63) is 94.5 Å². The number of benzene rings is 3. The van der Waals surface area contributed by atoms with E-state index in [1.165, 1.54) is 55.7 Å². The van der Waals surface area contributed by atoms with E-state index in [2.05, 4.69) is 15.4 Å². The third-order valence-electron chi connectivity index (χ3n) is 5.33. The van der Waals surface area contributed by atoms with Gasteiger partial charge in [0.15, 0.2) is 6.61 Å². The molecule has 0 saturated carbocycles. The Bertz CT molecular complexity index is 1450. The number of imide groups is 2. The van der Waals surface area contributed by atoms with E-state index in [9.17, 15) is 24.0 Å². The Balaban J connectivity index is 1.48. The van der Waals surface area contributed by atoms with Gasteiger partial charge in [-0.2, -0.15) is 0 Å². The lowest BCUT2D eigenvalue weighted by Gasteiger charge is -2.26. The van der Waals surface area contributed by atoms with Crippen molar-refractivity contribution < 1.29 is 33.4 Å². The molecule has 1 saturated heterocycles. The van der Waals surface area contributed by atoms with E-state index in [1.54, 1.807) is 24.3 Å². The van der Waals surface area contributed by atoms with Gasteiger partial charge in [0.25, 0.3) is 17.7 Å². The smallest absolute Gasteiger partial charge is 0.337 e. The van der Waals surface area contributed by atoms with Gasteiger partial charge in [-0.1, -0.05) is 35.9 Å². The van der Waals surface area contributed by atoms with Crippen LogP contribution in [-0.2, 0) is 19.1 Å². The van der Waals surface area contributed by atoms with E-state index >= 15 is 0 Å². The van der Waals surface area contributed by atoms with E-state index < -0.39 is 23.8 Å². The summed E-state index contributed by atoms with van der Waals surface area (Å²) >= 11 is 6.29. The number of hydrogen-bond acceptors (Lipinski definition) is 7. The van der Waals surface area contributed by atoms with Crippen LogP contribution in [0.25, 0.3) is 6.08 Å². The summed E-state index contributed by atoms with van der Waals surface area (Å²) in [6.45, 7) is -0.290. The summed E-state index contributed by atoms with van der Waals surface area (Å²) in [5.41, 5.74) is 1.06. The van der Waals surface area contributed by atoms with Crippen molar-refractivity contribution in [2.75, 3.05) is 23.9 Å². The summed E-state index contributed by atoms with van der Waals surface area (Å²) in [6.07, 6.45) is 1.28. The minimum absolute atomic E-state index is 0.141. The Labute approximate surface area is 221 Å². The number of hydrogen-bond donors (Lipinski definition) is 2. The molecule has 38 heavy (non-hydrogen) atoms. The van der Waals surface area contributed by atoms with Crippen molar-refractivity contribution >= 4 is 58.8 Å². The third-order valence-corrected chi connectivity index (χ3v) is 5.63. The molecule has 0 radical (unpaired) electrons. The number of nitrogens with one attached hydrogen (secondary N) is 2. The summed E-state index contributed by atoms with van der Waals surface area (Å²) in [5, 5.41) is 4.95. The highest BCUT2D eigenvalue weighted by Crippen LogP contribution is 2.28. The van der Waals surface area contributed by atoms with Crippen LogP contribution in [-0.4, -0.2) is 43.4 Å². The lowest BCUT2D eigenvalue weighted by molar-refractivity contribution is -0.122. The number of rotatable bonds is 7. The van der Waals surface area contributed by atoms with Crippen LogP contribution >= 0.6 is 11.6 Å². The van der Waals surface area contributed by atoms with Crippen LogP contribution in [0.5, 0.6) is 5.75 Å². The molecule has 192 valence electrons. The van der Waals surface area contributed by atoms with Crippen molar-refractivity contribution in [2.45, 2.75) is 0 Å². The minimum atomic E-state index is -0.932. The number of nitrogens with zero attached hydrogens (tertiary/aromatic N) is 1. The Morgan fingerprint density at radius 3 is 2.37 bits per heavy atom. The van der Waals surface area contributed by atoms with Gasteiger partial charge in [0, 0.05) is 5.69 Å². The Hall–Kier alpha value is -4.96. The molecular formula is C27H20ClN3O7. The average Bonchev–Trinajstić information content (AvgIpc) is 2.91. The maximum atomic E-state index is 13.1. The first-order valence-corrected chi connectivity index (χ1v) is 11.5. The third kappa shape index (κ3) is 5.88. The maximum Gasteiger partial charge on any atom is 0.337 e. The van der Waals surface area contributed by atoms with Gasteiger partial charge in [-0.05, 0) is 60.2 Å². The second-order valence-corrected chi connectivity index (χ2v) is 8.30. The fourth-order valence-electron chi connectivity index (χ4n) is 3.51. The molecule has 1 aliphatic rings. The lowest BCUT2D eigenvalue weighted by Crippen LogP contribution is -2.54. The quantitative estimate of drug-likeness (QED) is 0.268. The molecule has 0 aromatic heterocycles. The van der Waals surface area contributed by atoms with E-state index in [0.717, 1.165) is 4.90 Å². The first-order chi connectivity index (χ1) is 18.3. The molecule has 1 aliphatic heterocycles. The molecular weight excluding hydrogens is 514 g/mol. The second-order valence-electron chi connectivity index (χ2n) is 7.89. The number of barbiturate groups is 1. The highest BCUT2D eigenvalue weighted by atomic mass is 35.5. The first kappa shape index (κ1) is 26.1. The zero-order chi connectivity index (χ0) is 27.2. The number of halogens is 1. The standard InChI is InChI=1S/C27H20ClN3O7/c1-37-26(35)17-8-10-19(11-9-17)31-25(34)20(24(33)30-27(31)36)13-16-7-12-22(21(28)14-16)38-15-23(32)29-18-5-3-2-4-6-18/h2-14H,15H2,1H3,(H,29,32)(H,30,33,36)/b20-13+. The molecule has 0 spiro atoms. The van der Waals surface area contributed by atoms with Crippen LogP contribution in [0.4, 0.5) is 16.2 Å². The van der Waals surface area contributed by atoms with Gasteiger partial charge < -0.3 is 14.8 Å². The molecule has 0 unspecified atom stereocenters. The average molecular weight is 534 g/mol. The van der Waals surface area contributed by atoms with Gasteiger partial charge in [-0.15, -0.1) is 0 Å². The lowest BCUT2D eigenvalue weighted by atomic mass is 10.1. The number of ether oxygens (including phenoxy) is 2. The molecule has 3 aromatic carbocycles. The molecule has 10 nitrogen and oxygen atoms in total. The van der Waals surface area contributed by atoms with Gasteiger partial charge in [0.2, 0.25) is 0 Å².